The molecule has 1 heterocycles. The summed E-state index contributed by atoms with van der Waals surface area (Å²) in [6, 6.07) is 13.3. The lowest BCUT2D eigenvalue weighted by Gasteiger charge is -2.12. The first-order valence-electron chi connectivity index (χ1n) is 9.00. The first kappa shape index (κ1) is 22.4. The summed E-state index contributed by atoms with van der Waals surface area (Å²) in [5.41, 5.74) is 9.31. The molecule has 0 saturated carbocycles. The number of unbranched alkanes of at least 4 members (excludes halogenated alkanes) is 1. The minimum atomic E-state index is -3.49. The van der Waals surface area contributed by atoms with E-state index in [1.165, 1.54) is 0 Å². The van der Waals surface area contributed by atoms with Gasteiger partial charge in [0.25, 0.3) is 0 Å². The monoisotopic (exact) mass is 539 g/mol. The van der Waals surface area contributed by atoms with Crippen molar-refractivity contribution in [1.29, 1.82) is 0 Å². The van der Waals surface area contributed by atoms with E-state index in [0.29, 0.717) is 23.4 Å². The fourth-order valence-electron chi connectivity index (χ4n) is 2.68. The first-order valence-corrected chi connectivity index (χ1v) is 11.7. The maximum atomic E-state index is 10.6. The molecule has 11 heteroatoms. The van der Waals surface area contributed by atoms with Gasteiger partial charge < -0.3 is 18.9 Å². The molecule has 158 valence electrons. The molecule has 3 N–H and O–H groups in total. The number of ether oxygens (including phenoxy) is 1. The Morgan fingerprint density at radius 2 is 1.97 bits per heavy atom. The molecule has 0 spiro atoms. The Morgan fingerprint density at radius 1 is 1.20 bits per heavy atom. The van der Waals surface area contributed by atoms with Crippen LogP contribution >= 0.6 is 15.9 Å². The summed E-state index contributed by atoms with van der Waals surface area (Å²) in [4.78, 5) is 4.11. The van der Waals surface area contributed by atoms with Gasteiger partial charge in [-0.15, -0.1) is 15.7 Å². The van der Waals surface area contributed by atoms with E-state index in [0.717, 1.165) is 28.3 Å². The van der Waals surface area contributed by atoms with Gasteiger partial charge in [-0.1, -0.05) is 43.7 Å². The van der Waals surface area contributed by atoms with Gasteiger partial charge in [-0.05, 0) is 34.5 Å². The highest BCUT2D eigenvalue weighted by atomic mass is 80.0. The number of nitrogens with two attached hydrogens (primary N) is 1. The maximum absolute atomic E-state index is 10.6. The smallest absolute Gasteiger partial charge is 0.472 e. The topological polar surface area (TPSA) is 141 Å². The number of nitrogens with one attached hydrogen (secondary N) is 1. The van der Waals surface area contributed by atoms with E-state index in [2.05, 4.69) is 47.5 Å². The molecule has 0 aliphatic rings. The van der Waals surface area contributed by atoms with Crippen molar-refractivity contribution >= 4 is 38.5 Å². The first-order chi connectivity index (χ1) is 14.5. The third kappa shape index (κ3) is 5.64. The van der Waals surface area contributed by atoms with Crippen molar-refractivity contribution in [1.82, 2.24) is 15.7 Å². The third-order valence-electron chi connectivity index (χ3n) is 4.05. The van der Waals surface area contributed by atoms with Crippen molar-refractivity contribution in [2.75, 3.05) is 6.61 Å². The Balaban J connectivity index is 2.11. The number of benzene rings is 2. The van der Waals surface area contributed by atoms with E-state index in [1.807, 2.05) is 36.4 Å². The van der Waals surface area contributed by atoms with Crippen molar-refractivity contribution < 1.29 is 31.9 Å². The van der Waals surface area contributed by atoms with Crippen LogP contribution in [0.25, 0.3) is 22.0 Å². The van der Waals surface area contributed by atoms with Crippen LogP contribution in [0.1, 0.15) is 19.8 Å². The van der Waals surface area contributed by atoms with Crippen molar-refractivity contribution in [3.8, 4) is 17.0 Å². The summed E-state index contributed by atoms with van der Waals surface area (Å²) < 4.78 is 32.2. The molecule has 30 heavy (non-hydrogen) atoms. The van der Waals surface area contributed by atoms with E-state index < -0.39 is 14.8 Å². The molecule has 3 rings (SSSR count). The van der Waals surface area contributed by atoms with Gasteiger partial charge in [-0.3, -0.25) is 0 Å². The molecule has 0 bridgehead atoms. The standard InChI is InChI=1S/C19H19Br2N5O4/c1-2-3-9-29-16-11-14-13(10-15(16)20)17(12-7-5-4-6-8-12)24-25-18(14)23-19(22)26-30-21(27)28/h4-8,10-11H,2-3,9H2,1H3,(H3,22,23,25,26). The summed E-state index contributed by atoms with van der Waals surface area (Å²) in [7, 11) is 0. The predicted molar refractivity (Wildman–Crippen MR) is 109 cm³/mol. The second-order valence-corrected chi connectivity index (χ2v) is 8.10. The molecule has 0 fully saturated rings. The number of aliphatic imine (C=N–C) groups is 1. The van der Waals surface area contributed by atoms with E-state index in [-0.39, 0.29) is 11.8 Å². The maximum Gasteiger partial charge on any atom is 0.472 e. The van der Waals surface area contributed by atoms with Crippen LogP contribution in [0, 0.1) is 14.8 Å². The van der Waals surface area contributed by atoms with Crippen LogP contribution in [-0.2, 0) is 3.93 Å². The lowest BCUT2D eigenvalue weighted by Crippen LogP contribution is -2.43. The number of halogens is 2. The number of hydroxylamine groups is 1. The number of aromatic nitrogens is 2. The number of nitrogens with zero attached hydrogens (tertiary/aromatic N) is 3. The van der Waals surface area contributed by atoms with Gasteiger partial charge in [0.1, 0.15) is 15.4 Å². The largest absolute Gasteiger partial charge is 0.492 e. The van der Waals surface area contributed by atoms with Crippen molar-refractivity contribution in [2.24, 2.45) is 10.7 Å². The van der Waals surface area contributed by atoms with Crippen LogP contribution in [-0.4, -0.2) is 22.8 Å². The molecule has 0 aliphatic heterocycles. The number of hydrogen-bond donors (Lipinski definition) is 2. The number of hydrogen-bond acceptors (Lipinski definition) is 7. The van der Waals surface area contributed by atoms with Crippen LogP contribution < -0.4 is 24.3 Å². The average molecular weight is 541 g/mol. The van der Waals surface area contributed by atoms with Gasteiger partial charge in [-0.25, -0.2) is 0 Å². The lowest BCUT2D eigenvalue weighted by atomic mass is 10.0. The van der Waals surface area contributed by atoms with Gasteiger partial charge in [0.05, 0.1) is 11.1 Å². The lowest BCUT2D eigenvalue weighted by molar-refractivity contribution is -1.63. The zero-order chi connectivity index (χ0) is 21.5. The molecule has 0 saturated heterocycles. The SMILES string of the molecule is CCCCOc1cc2c(N=C(N)NO[Br+2]([O-])[O-])nnc(-c3ccccc3)c2cc1Br. The summed E-state index contributed by atoms with van der Waals surface area (Å²) in [6.07, 6.45) is 1.93. The Bertz CT molecular complexity index is 1030. The van der Waals surface area contributed by atoms with Crippen molar-refractivity contribution in [3.63, 3.8) is 0 Å². The molecule has 9 nitrogen and oxygen atoms in total. The average Bonchev–Trinajstić information content (AvgIpc) is 2.74. The highest BCUT2D eigenvalue weighted by molar-refractivity contribution is 9.10. The Hall–Kier alpha value is -2.31. The van der Waals surface area contributed by atoms with Crippen LogP contribution in [0.3, 0.4) is 0 Å². The molecule has 1 aromatic heterocycles. The Morgan fingerprint density at radius 3 is 2.67 bits per heavy atom. The second kappa shape index (κ2) is 10.6. The van der Waals surface area contributed by atoms with Crippen LogP contribution in [0.5, 0.6) is 5.75 Å². The van der Waals surface area contributed by atoms with Crippen LogP contribution in [0.15, 0.2) is 51.9 Å². The second-order valence-electron chi connectivity index (χ2n) is 6.13. The van der Waals surface area contributed by atoms with Gasteiger partial charge >= 0.3 is 14.8 Å². The summed E-state index contributed by atoms with van der Waals surface area (Å²) in [5, 5.41) is 9.91. The van der Waals surface area contributed by atoms with Crippen molar-refractivity contribution in [2.45, 2.75) is 19.8 Å². The summed E-state index contributed by atoms with van der Waals surface area (Å²) in [6.45, 7) is 2.65. The van der Waals surface area contributed by atoms with E-state index in [9.17, 15) is 8.40 Å². The van der Waals surface area contributed by atoms with Gasteiger partial charge in [0, 0.05) is 16.3 Å². The fourth-order valence-corrected chi connectivity index (χ4v) is 3.43. The third-order valence-corrected chi connectivity index (χ3v) is 5.09. The molecule has 0 amide bonds. The van der Waals surface area contributed by atoms with Crippen molar-refractivity contribution in [3.05, 3.63) is 46.9 Å². The molecule has 3 aromatic rings. The molecular formula is C19H19Br2N5O4. The number of rotatable bonds is 8. The van der Waals surface area contributed by atoms with Crippen LogP contribution in [0.2, 0.25) is 0 Å². The predicted octanol–water partition coefficient (Wildman–Crippen LogP) is 1.79. The zero-order valence-electron chi connectivity index (χ0n) is 16.0. The van der Waals surface area contributed by atoms with Gasteiger partial charge in [0.2, 0.25) is 5.96 Å². The molecular weight excluding hydrogens is 522 g/mol. The van der Waals surface area contributed by atoms with Gasteiger partial charge in [0.15, 0.2) is 5.82 Å². The fraction of sp³-hybridized carbons (Fsp3) is 0.211. The highest BCUT2D eigenvalue weighted by Gasteiger charge is 2.16. The highest BCUT2D eigenvalue weighted by Crippen LogP contribution is 2.38. The van der Waals surface area contributed by atoms with E-state index in [4.69, 9.17) is 10.5 Å². The summed E-state index contributed by atoms with van der Waals surface area (Å²) >= 11 is 0.0752. The quantitative estimate of drug-likeness (QED) is 0.191. The van der Waals surface area contributed by atoms with Gasteiger partial charge in [-0.2, -0.15) is 4.99 Å². The molecule has 0 aliphatic carbocycles. The minimum absolute atomic E-state index is 0.192. The normalized spacial score (nSPS) is 11.8. The molecule has 0 radical (unpaired) electrons. The van der Waals surface area contributed by atoms with E-state index >= 15 is 0 Å². The van der Waals surface area contributed by atoms with Crippen LogP contribution in [0.4, 0.5) is 5.82 Å². The zero-order valence-corrected chi connectivity index (χ0v) is 19.1. The van der Waals surface area contributed by atoms with E-state index in [1.54, 1.807) is 6.07 Å². The summed E-state index contributed by atoms with van der Waals surface area (Å²) in [5.74, 6) is 0.549. The Kier molecular flexibility index (Phi) is 7.94. The molecule has 0 unspecified atom stereocenters. The molecule has 2 aromatic carbocycles. The molecule has 0 atom stereocenters. The Labute approximate surface area is 186 Å². The number of fused-ring (bicyclic) bond motifs is 1. The number of guanidine groups is 1. The minimum Gasteiger partial charge on any atom is -0.492 e.